The van der Waals surface area contributed by atoms with Crippen molar-refractivity contribution in [1.82, 2.24) is 20.4 Å². The van der Waals surface area contributed by atoms with Gasteiger partial charge in [0, 0.05) is 45.2 Å². The van der Waals surface area contributed by atoms with Gasteiger partial charge in [-0.1, -0.05) is 91.0 Å². The maximum absolute atomic E-state index is 14.1. The maximum Gasteiger partial charge on any atom is 0.409 e. The lowest BCUT2D eigenvalue weighted by atomic mass is 9.90. The average molecular weight is 629 g/mol. The standard InChI is InChI=1S/C37H48N4O5/c1-37(2,3)46-35(43)38-23-14-21-33-34(42)41(26-32(29-17-10-6-11-18-29)30-19-12-7-13-20-30)24-22-31(39-33)25-40(4)36(44)45-27-28-15-8-5-9-16-28/h5-13,15-20,31-33,39H,14,21-27H2,1-4H3,(H,38,43). The summed E-state index contributed by atoms with van der Waals surface area (Å²) in [7, 11) is 1.72. The number of amides is 3. The first-order valence-corrected chi connectivity index (χ1v) is 16.1. The van der Waals surface area contributed by atoms with Gasteiger partial charge in [-0.15, -0.1) is 0 Å². The zero-order valence-electron chi connectivity index (χ0n) is 27.5. The third-order valence-corrected chi connectivity index (χ3v) is 7.95. The number of rotatable bonds is 12. The Balaban J connectivity index is 1.45. The molecule has 9 heteroatoms. The highest BCUT2D eigenvalue weighted by Gasteiger charge is 2.33. The normalized spacial score (nSPS) is 16.9. The lowest BCUT2D eigenvalue weighted by Crippen LogP contribution is -2.49. The van der Waals surface area contributed by atoms with Gasteiger partial charge in [0.25, 0.3) is 0 Å². The molecule has 1 heterocycles. The number of hydrogen-bond donors (Lipinski definition) is 2. The van der Waals surface area contributed by atoms with E-state index < -0.39 is 23.8 Å². The Hall–Kier alpha value is -4.37. The summed E-state index contributed by atoms with van der Waals surface area (Å²) in [6, 6.07) is 29.5. The Labute approximate surface area is 273 Å². The molecule has 0 aromatic heterocycles. The van der Waals surface area contributed by atoms with Crippen LogP contribution in [0.5, 0.6) is 0 Å². The molecule has 9 nitrogen and oxygen atoms in total. The summed E-state index contributed by atoms with van der Waals surface area (Å²) < 4.78 is 10.9. The molecule has 2 atom stereocenters. The molecule has 0 spiro atoms. The van der Waals surface area contributed by atoms with Crippen LogP contribution in [0.4, 0.5) is 9.59 Å². The molecule has 3 aromatic carbocycles. The van der Waals surface area contributed by atoms with Crippen LogP contribution in [0.15, 0.2) is 91.0 Å². The predicted octanol–water partition coefficient (Wildman–Crippen LogP) is 5.95. The van der Waals surface area contributed by atoms with Crippen LogP contribution in [-0.2, 0) is 20.9 Å². The Morgan fingerprint density at radius 3 is 2.13 bits per heavy atom. The number of likely N-dealkylation sites (N-methyl/N-ethyl adjacent to an activating group) is 1. The maximum atomic E-state index is 14.1. The second-order valence-electron chi connectivity index (χ2n) is 12.9. The van der Waals surface area contributed by atoms with Crippen molar-refractivity contribution in [2.45, 2.75) is 70.2 Å². The Morgan fingerprint density at radius 1 is 0.957 bits per heavy atom. The van der Waals surface area contributed by atoms with E-state index in [2.05, 4.69) is 34.9 Å². The summed E-state index contributed by atoms with van der Waals surface area (Å²) in [6.07, 6.45) is 0.885. The van der Waals surface area contributed by atoms with Gasteiger partial charge in [0.2, 0.25) is 5.91 Å². The summed E-state index contributed by atoms with van der Waals surface area (Å²) >= 11 is 0. The summed E-state index contributed by atoms with van der Waals surface area (Å²) in [5, 5.41) is 6.35. The van der Waals surface area contributed by atoms with Crippen LogP contribution in [0.2, 0.25) is 0 Å². The number of nitrogens with zero attached hydrogens (tertiary/aromatic N) is 2. The van der Waals surface area contributed by atoms with Gasteiger partial charge in [-0.3, -0.25) is 4.79 Å². The van der Waals surface area contributed by atoms with Crippen molar-refractivity contribution in [3.8, 4) is 0 Å². The smallest absolute Gasteiger partial charge is 0.409 e. The van der Waals surface area contributed by atoms with Crippen molar-refractivity contribution < 1.29 is 23.9 Å². The molecule has 0 aliphatic carbocycles. The highest BCUT2D eigenvalue weighted by atomic mass is 16.6. The Morgan fingerprint density at radius 2 is 1.54 bits per heavy atom. The molecule has 0 saturated carbocycles. The minimum Gasteiger partial charge on any atom is -0.445 e. The van der Waals surface area contributed by atoms with Crippen LogP contribution >= 0.6 is 0 Å². The lowest BCUT2D eigenvalue weighted by Gasteiger charge is -2.29. The molecule has 3 amide bonds. The molecule has 0 radical (unpaired) electrons. The van der Waals surface area contributed by atoms with E-state index in [1.54, 1.807) is 11.9 Å². The zero-order chi connectivity index (χ0) is 32.9. The molecule has 1 saturated heterocycles. The molecule has 1 aliphatic heterocycles. The number of nitrogens with one attached hydrogen (secondary N) is 2. The molecule has 0 bridgehead atoms. The first-order chi connectivity index (χ1) is 22.1. The summed E-state index contributed by atoms with van der Waals surface area (Å²) in [6.45, 7) is 7.51. The first kappa shape index (κ1) is 34.5. The SMILES string of the molecule is CN(CC1CCN(CC(c2ccccc2)c2ccccc2)C(=O)C(CCCNC(=O)OC(C)(C)C)N1)C(=O)OCc1ccccc1. The van der Waals surface area contributed by atoms with Gasteiger partial charge in [0.1, 0.15) is 12.2 Å². The van der Waals surface area contributed by atoms with Crippen molar-refractivity contribution >= 4 is 18.1 Å². The van der Waals surface area contributed by atoms with Crippen LogP contribution in [0.1, 0.15) is 62.6 Å². The predicted molar refractivity (Wildman–Crippen MR) is 179 cm³/mol. The second-order valence-corrected chi connectivity index (χ2v) is 12.9. The van der Waals surface area contributed by atoms with Gasteiger partial charge < -0.3 is 29.9 Å². The van der Waals surface area contributed by atoms with E-state index in [0.717, 1.165) is 16.7 Å². The molecule has 2 unspecified atom stereocenters. The summed E-state index contributed by atoms with van der Waals surface area (Å²) in [4.78, 5) is 42.7. The Bertz CT molecular complexity index is 1340. The van der Waals surface area contributed by atoms with Crippen molar-refractivity contribution in [3.63, 3.8) is 0 Å². The number of alkyl carbamates (subject to hydrolysis) is 1. The Kier molecular flexibility index (Phi) is 12.6. The highest BCUT2D eigenvalue weighted by molar-refractivity contribution is 5.82. The fraction of sp³-hybridized carbons (Fsp3) is 0.432. The largest absolute Gasteiger partial charge is 0.445 e. The molecular formula is C37H48N4O5. The summed E-state index contributed by atoms with van der Waals surface area (Å²) in [5.41, 5.74) is 2.63. The minimum atomic E-state index is -0.584. The topological polar surface area (TPSA) is 100 Å². The van der Waals surface area contributed by atoms with E-state index in [9.17, 15) is 14.4 Å². The van der Waals surface area contributed by atoms with E-state index in [1.165, 1.54) is 0 Å². The highest BCUT2D eigenvalue weighted by Crippen LogP contribution is 2.27. The molecule has 46 heavy (non-hydrogen) atoms. The van der Waals surface area contributed by atoms with Gasteiger partial charge in [0.05, 0.1) is 6.04 Å². The van der Waals surface area contributed by atoms with Gasteiger partial charge >= 0.3 is 12.2 Å². The molecule has 3 aromatic rings. The quantitative estimate of drug-likeness (QED) is 0.241. The third-order valence-electron chi connectivity index (χ3n) is 7.95. The molecule has 2 N–H and O–H groups in total. The fourth-order valence-electron chi connectivity index (χ4n) is 5.65. The number of ether oxygens (including phenoxy) is 2. The van der Waals surface area contributed by atoms with Crippen LogP contribution in [0, 0.1) is 0 Å². The van der Waals surface area contributed by atoms with Crippen LogP contribution in [0.25, 0.3) is 0 Å². The average Bonchev–Trinajstić information content (AvgIpc) is 3.19. The van der Waals surface area contributed by atoms with Crippen molar-refractivity contribution in [2.24, 2.45) is 0 Å². The zero-order valence-corrected chi connectivity index (χ0v) is 27.5. The molecular weight excluding hydrogens is 580 g/mol. The van der Waals surface area contributed by atoms with Crippen LogP contribution in [-0.4, -0.2) is 78.8 Å². The van der Waals surface area contributed by atoms with E-state index in [0.29, 0.717) is 45.4 Å². The van der Waals surface area contributed by atoms with E-state index >= 15 is 0 Å². The van der Waals surface area contributed by atoms with Crippen molar-refractivity contribution in [3.05, 3.63) is 108 Å². The summed E-state index contributed by atoms with van der Waals surface area (Å²) in [5.74, 6) is 0.0268. The molecule has 1 fully saturated rings. The number of benzene rings is 3. The van der Waals surface area contributed by atoms with Crippen LogP contribution < -0.4 is 10.6 Å². The van der Waals surface area contributed by atoms with Crippen molar-refractivity contribution in [1.29, 1.82) is 0 Å². The number of hydrogen-bond acceptors (Lipinski definition) is 6. The van der Waals surface area contributed by atoms with Gasteiger partial charge in [-0.25, -0.2) is 9.59 Å². The number of carbonyl (C=O) groups is 3. The van der Waals surface area contributed by atoms with E-state index in [-0.39, 0.29) is 24.5 Å². The first-order valence-electron chi connectivity index (χ1n) is 16.1. The monoisotopic (exact) mass is 628 g/mol. The van der Waals surface area contributed by atoms with Gasteiger partial charge in [-0.2, -0.15) is 0 Å². The minimum absolute atomic E-state index is 0.00743. The number of carbonyl (C=O) groups excluding carboxylic acids is 3. The van der Waals surface area contributed by atoms with Crippen LogP contribution in [0.3, 0.4) is 0 Å². The van der Waals surface area contributed by atoms with E-state index in [1.807, 2.05) is 92.4 Å². The fourth-order valence-corrected chi connectivity index (χ4v) is 5.65. The van der Waals surface area contributed by atoms with Crippen molar-refractivity contribution in [2.75, 3.05) is 33.2 Å². The lowest BCUT2D eigenvalue weighted by molar-refractivity contribution is -0.133. The molecule has 1 aliphatic rings. The van der Waals surface area contributed by atoms with Gasteiger partial charge in [-0.05, 0) is 56.7 Å². The molecule has 4 rings (SSSR count). The van der Waals surface area contributed by atoms with Gasteiger partial charge in [0.15, 0.2) is 0 Å². The van der Waals surface area contributed by atoms with E-state index in [4.69, 9.17) is 9.47 Å². The third kappa shape index (κ3) is 10.9. The second kappa shape index (κ2) is 16.8. The molecule has 246 valence electrons.